The number of primary amides is 1. The molecule has 2 rings (SSSR count). The summed E-state index contributed by atoms with van der Waals surface area (Å²) in [6.07, 6.45) is 2.50. The van der Waals surface area contributed by atoms with Crippen molar-refractivity contribution >= 4 is 21.8 Å². The third kappa shape index (κ3) is 4.11. The van der Waals surface area contributed by atoms with E-state index in [1.165, 1.54) is 12.8 Å². The Balaban J connectivity index is 2.10. The molecule has 1 fully saturated rings. The number of ether oxygens (including phenoxy) is 2. The molecule has 0 unspecified atom stereocenters. The summed E-state index contributed by atoms with van der Waals surface area (Å²) < 4.78 is 11.4. The third-order valence-corrected chi connectivity index (χ3v) is 3.41. The quantitative estimate of drug-likeness (QED) is 0.796. The Morgan fingerprint density at radius 2 is 2.26 bits per heavy atom. The average Bonchev–Trinajstić information content (AvgIpc) is 3.18. The first kappa shape index (κ1) is 14.1. The van der Waals surface area contributed by atoms with E-state index in [4.69, 9.17) is 15.2 Å². The van der Waals surface area contributed by atoms with Crippen molar-refractivity contribution in [2.45, 2.75) is 25.4 Å². The minimum atomic E-state index is -0.520. The zero-order valence-corrected chi connectivity index (χ0v) is 12.3. The smallest absolute Gasteiger partial charge is 0.255 e. The van der Waals surface area contributed by atoms with Crippen molar-refractivity contribution in [3.05, 3.63) is 22.2 Å². The van der Waals surface area contributed by atoms with Gasteiger partial charge in [-0.15, -0.1) is 0 Å². The van der Waals surface area contributed by atoms with Gasteiger partial charge in [0.15, 0.2) is 18.1 Å². The van der Waals surface area contributed by atoms with Crippen molar-refractivity contribution in [1.82, 2.24) is 5.32 Å². The molecule has 0 saturated heterocycles. The zero-order valence-electron chi connectivity index (χ0n) is 10.7. The Labute approximate surface area is 120 Å². The highest BCUT2D eigenvalue weighted by Gasteiger charge is 2.20. The first-order chi connectivity index (χ1) is 9.10. The molecule has 0 radical (unpaired) electrons. The fourth-order valence-corrected chi connectivity index (χ4v) is 2.31. The summed E-state index contributed by atoms with van der Waals surface area (Å²) in [7, 11) is 1.57. The molecule has 1 aromatic rings. The summed E-state index contributed by atoms with van der Waals surface area (Å²) in [5.74, 6) is 0.563. The third-order valence-electron chi connectivity index (χ3n) is 2.82. The predicted molar refractivity (Wildman–Crippen MR) is 75.2 cm³/mol. The van der Waals surface area contributed by atoms with Crippen LogP contribution in [0.15, 0.2) is 16.6 Å². The van der Waals surface area contributed by atoms with E-state index in [1.807, 2.05) is 12.1 Å². The van der Waals surface area contributed by atoms with Crippen LogP contribution in [0.5, 0.6) is 11.5 Å². The highest BCUT2D eigenvalue weighted by Crippen LogP contribution is 2.36. The van der Waals surface area contributed by atoms with Crippen LogP contribution in [0.3, 0.4) is 0 Å². The fourth-order valence-electron chi connectivity index (χ4n) is 1.71. The molecule has 5 nitrogen and oxygen atoms in total. The van der Waals surface area contributed by atoms with Gasteiger partial charge in [0, 0.05) is 12.6 Å². The van der Waals surface area contributed by atoms with Gasteiger partial charge in [0.05, 0.1) is 11.6 Å². The second-order valence-corrected chi connectivity index (χ2v) is 5.37. The summed E-state index contributed by atoms with van der Waals surface area (Å²) >= 11 is 3.43. The maximum absolute atomic E-state index is 10.8. The topological polar surface area (TPSA) is 73.6 Å². The summed E-state index contributed by atoms with van der Waals surface area (Å²) in [5, 5.41) is 3.43. The Morgan fingerprint density at radius 1 is 1.53 bits per heavy atom. The Hall–Kier alpha value is -1.27. The molecule has 104 valence electrons. The van der Waals surface area contributed by atoms with Gasteiger partial charge in [0.1, 0.15) is 0 Å². The molecule has 1 aliphatic rings. The molecule has 1 amide bonds. The lowest BCUT2D eigenvalue weighted by molar-refractivity contribution is -0.119. The van der Waals surface area contributed by atoms with Gasteiger partial charge in [-0.05, 0) is 46.5 Å². The number of amides is 1. The first-order valence-electron chi connectivity index (χ1n) is 6.11. The number of nitrogens with one attached hydrogen (secondary N) is 1. The maximum Gasteiger partial charge on any atom is 0.255 e. The van der Waals surface area contributed by atoms with Crippen molar-refractivity contribution in [1.29, 1.82) is 0 Å². The standard InChI is InChI=1S/C13H17BrN2O3/c1-18-11-5-8(6-16-9-2-3-9)4-10(14)13(11)19-7-12(15)17/h4-5,9,16H,2-3,6-7H2,1H3,(H2,15,17). The van der Waals surface area contributed by atoms with Gasteiger partial charge in [-0.3, -0.25) is 4.79 Å². The van der Waals surface area contributed by atoms with Gasteiger partial charge in [-0.2, -0.15) is 0 Å². The molecule has 1 saturated carbocycles. The SMILES string of the molecule is COc1cc(CNC2CC2)cc(Br)c1OCC(N)=O. The van der Waals surface area contributed by atoms with Crippen LogP contribution in [0, 0.1) is 0 Å². The van der Waals surface area contributed by atoms with Gasteiger partial charge < -0.3 is 20.5 Å². The van der Waals surface area contributed by atoms with Crippen molar-refractivity contribution in [3.8, 4) is 11.5 Å². The number of halogens is 1. The second kappa shape index (κ2) is 6.25. The lowest BCUT2D eigenvalue weighted by Crippen LogP contribution is -2.20. The van der Waals surface area contributed by atoms with E-state index in [1.54, 1.807) is 7.11 Å². The summed E-state index contributed by atoms with van der Waals surface area (Å²) in [5.41, 5.74) is 6.17. The molecule has 0 aliphatic heterocycles. The predicted octanol–water partition coefficient (Wildman–Crippen LogP) is 1.57. The van der Waals surface area contributed by atoms with E-state index in [9.17, 15) is 4.79 Å². The maximum atomic E-state index is 10.8. The lowest BCUT2D eigenvalue weighted by Gasteiger charge is -2.13. The van der Waals surface area contributed by atoms with Crippen LogP contribution in [0.1, 0.15) is 18.4 Å². The van der Waals surface area contributed by atoms with Crippen LogP contribution in [-0.2, 0) is 11.3 Å². The van der Waals surface area contributed by atoms with E-state index in [2.05, 4.69) is 21.2 Å². The fraction of sp³-hybridized carbons (Fsp3) is 0.462. The molecule has 0 heterocycles. The summed E-state index contributed by atoms with van der Waals surface area (Å²) in [4.78, 5) is 10.8. The Morgan fingerprint density at radius 3 is 2.84 bits per heavy atom. The van der Waals surface area contributed by atoms with Crippen molar-refractivity contribution in [2.24, 2.45) is 5.73 Å². The van der Waals surface area contributed by atoms with Crippen molar-refractivity contribution in [3.63, 3.8) is 0 Å². The van der Waals surface area contributed by atoms with E-state index in [-0.39, 0.29) is 6.61 Å². The number of carbonyl (C=O) groups excluding carboxylic acids is 1. The Bertz CT molecular complexity index is 475. The molecule has 1 aromatic carbocycles. The molecule has 3 N–H and O–H groups in total. The normalized spacial score (nSPS) is 14.2. The molecule has 0 spiro atoms. The van der Waals surface area contributed by atoms with Crippen LogP contribution in [0.25, 0.3) is 0 Å². The minimum Gasteiger partial charge on any atom is -0.493 e. The number of rotatable bonds is 7. The summed E-state index contributed by atoms with van der Waals surface area (Å²) in [6, 6.07) is 4.50. The monoisotopic (exact) mass is 328 g/mol. The second-order valence-electron chi connectivity index (χ2n) is 4.52. The highest BCUT2D eigenvalue weighted by molar-refractivity contribution is 9.10. The number of hydrogen-bond donors (Lipinski definition) is 2. The molecular formula is C13H17BrN2O3. The van der Waals surface area contributed by atoms with Crippen molar-refractivity contribution in [2.75, 3.05) is 13.7 Å². The average molecular weight is 329 g/mol. The van der Waals surface area contributed by atoms with Crippen LogP contribution in [0.2, 0.25) is 0 Å². The zero-order chi connectivity index (χ0) is 13.8. The largest absolute Gasteiger partial charge is 0.493 e. The molecule has 19 heavy (non-hydrogen) atoms. The van der Waals surface area contributed by atoms with E-state index in [0.29, 0.717) is 17.5 Å². The van der Waals surface area contributed by atoms with Crippen LogP contribution in [-0.4, -0.2) is 25.7 Å². The lowest BCUT2D eigenvalue weighted by atomic mass is 10.2. The number of hydrogen-bond acceptors (Lipinski definition) is 4. The first-order valence-corrected chi connectivity index (χ1v) is 6.90. The van der Waals surface area contributed by atoms with E-state index >= 15 is 0 Å². The van der Waals surface area contributed by atoms with Gasteiger partial charge in [-0.1, -0.05) is 0 Å². The molecular weight excluding hydrogens is 312 g/mol. The van der Waals surface area contributed by atoms with Gasteiger partial charge in [0.2, 0.25) is 0 Å². The van der Waals surface area contributed by atoms with Crippen LogP contribution < -0.4 is 20.5 Å². The van der Waals surface area contributed by atoms with Gasteiger partial charge in [-0.25, -0.2) is 0 Å². The number of benzene rings is 1. The molecule has 1 aliphatic carbocycles. The number of carbonyl (C=O) groups is 1. The molecule has 0 bridgehead atoms. The minimum absolute atomic E-state index is 0.172. The number of nitrogens with two attached hydrogens (primary N) is 1. The van der Waals surface area contributed by atoms with Crippen molar-refractivity contribution < 1.29 is 14.3 Å². The van der Waals surface area contributed by atoms with Gasteiger partial charge in [0.25, 0.3) is 5.91 Å². The van der Waals surface area contributed by atoms with Crippen LogP contribution >= 0.6 is 15.9 Å². The van der Waals surface area contributed by atoms with E-state index < -0.39 is 5.91 Å². The van der Waals surface area contributed by atoms with Gasteiger partial charge >= 0.3 is 0 Å². The molecule has 6 heteroatoms. The number of methoxy groups -OCH3 is 1. The highest BCUT2D eigenvalue weighted by atomic mass is 79.9. The Kier molecular flexibility index (Phi) is 4.66. The molecule has 0 aromatic heterocycles. The molecule has 0 atom stereocenters. The summed E-state index contributed by atoms with van der Waals surface area (Å²) in [6.45, 7) is 0.615. The van der Waals surface area contributed by atoms with Crippen LogP contribution in [0.4, 0.5) is 0 Å². The van der Waals surface area contributed by atoms with E-state index in [0.717, 1.165) is 16.6 Å².